The van der Waals surface area contributed by atoms with Crippen LogP contribution < -0.4 is 20.1 Å². The van der Waals surface area contributed by atoms with Crippen molar-refractivity contribution in [3.05, 3.63) is 53.9 Å². The molecular weight excluding hydrogens is 354 g/mol. The molecule has 0 bridgehead atoms. The minimum Gasteiger partial charge on any atom is -0.493 e. The summed E-state index contributed by atoms with van der Waals surface area (Å²) in [4.78, 5) is 16.7. The zero-order valence-electron chi connectivity index (χ0n) is 16.5. The van der Waals surface area contributed by atoms with Crippen molar-refractivity contribution in [2.24, 2.45) is 0 Å². The van der Waals surface area contributed by atoms with Crippen LogP contribution in [-0.2, 0) is 0 Å². The van der Waals surface area contributed by atoms with E-state index in [0.717, 1.165) is 18.7 Å². The van der Waals surface area contributed by atoms with Gasteiger partial charge in [-0.25, -0.2) is 4.98 Å². The molecule has 1 heterocycles. The molecule has 0 spiro atoms. The van der Waals surface area contributed by atoms with Gasteiger partial charge in [-0.15, -0.1) is 0 Å². The molecule has 1 aromatic heterocycles. The summed E-state index contributed by atoms with van der Waals surface area (Å²) in [5, 5.41) is 6.20. The number of nitrogens with one attached hydrogen (secondary N) is 2. The minimum atomic E-state index is -0.272. The normalized spacial score (nSPS) is 13.4. The predicted octanol–water partition coefficient (Wildman–Crippen LogP) is 4.65. The smallest absolute Gasteiger partial charge is 0.274 e. The van der Waals surface area contributed by atoms with Gasteiger partial charge in [0, 0.05) is 18.3 Å². The first-order valence-electron chi connectivity index (χ1n) is 9.61. The molecule has 0 saturated heterocycles. The number of aromatic nitrogens is 1. The number of benzene rings is 1. The van der Waals surface area contributed by atoms with Crippen molar-refractivity contribution in [1.29, 1.82) is 0 Å². The molecule has 0 saturated carbocycles. The Morgan fingerprint density at radius 2 is 1.89 bits per heavy atom. The van der Waals surface area contributed by atoms with Crippen LogP contribution in [0.3, 0.4) is 0 Å². The van der Waals surface area contributed by atoms with E-state index < -0.39 is 0 Å². The maximum Gasteiger partial charge on any atom is 0.274 e. The number of amides is 1. The molecule has 0 radical (unpaired) electrons. The van der Waals surface area contributed by atoms with Crippen LogP contribution in [0, 0.1) is 0 Å². The molecule has 1 aliphatic rings. The molecule has 0 unspecified atom stereocenters. The molecule has 2 N–H and O–H groups in total. The zero-order chi connectivity index (χ0) is 19.8. The Hall–Kier alpha value is -3.02. The molecule has 28 heavy (non-hydrogen) atoms. The Bertz CT molecular complexity index is 831. The Morgan fingerprint density at radius 3 is 2.57 bits per heavy atom. The zero-order valence-corrected chi connectivity index (χ0v) is 16.5. The quantitative estimate of drug-likeness (QED) is 0.651. The molecule has 148 valence electrons. The monoisotopic (exact) mass is 381 g/mol. The highest BCUT2D eigenvalue weighted by Gasteiger charge is 2.10. The molecule has 0 aliphatic heterocycles. The van der Waals surface area contributed by atoms with Gasteiger partial charge in [-0.2, -0.15) is 0 Å². The Kier molecular flexibility index (Phi) is 6.89. The number of anilines is 2. The molecule has 3 rings (SSSR count). The van der Waals surface area contributed by atoms with Crippen LogP contribution in [0.4, 0.5) is 11.4 Å². The van der Waals surface area contributed by atoms with Crippen molar-refractivity contribution in [3.8, 4) is 11.5 Å². The second kappa shape index (κ2) is 9.78. The third-order valence-corrected chi connectivity index (χ3v) is 4.80. The lowest BCUT2D eigenvalue weighted by Gasteiger charge is -2.13. The maximum absolute atomic E-state index is 12.4. The van der Waals surface area contributed by atoms with Gasteiger partial charge in [0.05, 0.1) is 26.1 Å². The van der Waals surface area contributed by atoms with Crippen molar-refractivity contribution in [2.75, 3.05) is 31.4 Å². The van der Waals surface area contributed by atoms with Crippen LogP contribution in [0.2, 0.25) is 0 Å². The third kappa shape index (κ3) is 5.25. The predicted molar refractivity (Wildman–Crippen MR) is 111 cm³/mol. The van der Waals surface area contributed by atoms with Crippen LogP contribution in [0.1, 0.15) is 42.6 Å². The molecule has 6 nitrogen and oxygen atoms in total. The van der Waals surface area contributed by atoms with E-state index in [1.54, 1.807) is 44.7 Å². The van der Waals surface area contributed by atoms with E-state index in [9.17, 15) is 4.79 Å². The summed E-state index contributed by atoms with van der Waals surface area (Å²) in [5.74, 6) is 0.894. The summed E-state index contributed by atoms with van der Waals surface area (Å²) in [7, 11) is 3.13. The molecule has 1 amide bonds. The number of methoxy groups -OCH3 is 2. The Balaban J connectivity index is 1.54. The van der Waals surface area contributed by atoms with Gasteiger partial charge in [0.2, 0.25) is 0 Å². The third-order valence-electron chi connectivity index (χ3n) is 4.80. The van der Waals surface area contributed by atoms with E-state index in [1.807, 2.05) is 6.07 Å². The first-order valence-corrected chi connectivity index (χ1v) is 9.61. The van der Waals surface area contributed by atoms with Gasteiger partial charge in [0.1, 0.15) is 5.69 Å². The highest BCUT2D eigenvalue weighted by molar-refractivity contribution is 6.03. The van der Waals surface area contributed by atoms with Crippen LogP contribution in [0.5, 0.6) is 11.5 Å². The fourth-order valence-electron chi connectivity index (χ4n) is 3.24. The summed E-state index contributed by atoms with van der Waals surface area (Å²) >= 11 is 0. The number of ether oxygens (including phenoxy) is 2. The SMILES string of the molecule is COc1ccc(NC(=O)c2ccc(NCCC3=CCCCC3)cn2)cc1OC. The second-order valence-electron chi connectivity index (χ2n) is 6.74. The first-order chi connectivity index (χ1) is 13.7. The van der Waals surface area contributed by atoms with Crippen LogP contribution in [-0.4, -0.2) is 31.7 Å². The van der Waals surface area contributed by atoms with Gasteiger partial charge < -0.3 is 20.1 Å². The van der Waals surface area contributed by atoms with Gasteiger partial charge >= 0.3 is 0 Å². The van der Waals surface area contributed by atoms with Crippen molar-refractivity contribution in [2.45, 2.75) is 32.1 Å². The highest BCUT2D eigenvalue weighted by Crippen LogP contribution is 2.29. The number of carbonyl (C=O) groups is 1. The number of hydrogen-bond donors (Lipinski definition) is 2. The average Bonchev–Trinajstić information content (AvgIpc) is 2.75. The summed E-state index contributed by atoms with van der Waals surface area (Å²) < 4.78 is 10.5. The number of pyridine rings is 1. The van der Waals surface area contributed by atoms with Crippen LogP contribution in [0.15, 0.2) is 48.2 Å². The van der Waals surface area contributed by atoms with Crippen molar-refractivity contribution >= 4 is 17.3 Å². The lowest BCUT2D eigenvalue weighted by Crippen LogP contribution is -2.14. The lowest BCUT2D eigenvalue weighted by molar-refractivity contribution is 0.102. The van der Waals surface area contributed by atoms with E-state index in [0.29, 0.717) is 22.9 Å². The second-order valence-corrected chi connectivity index (χ2v) is 6.74. The van der Waals surface area contributed by atoms with Crippen LogP contribution >= 0.6 is 0 Å². The topological polar surface area (TPSA) is 72.5 Å². The van der Waals surface area contributed by atoms with Gasteiger partial charge in [-0.05, 0) is 56.4 Å². The standard InChI is InChI=1S/C22H27N3O3/c1-27-20-11-9-17(14-21(20)28-2)25-22(26)19-10-8-18(15-24-19)23-13-12-16-6-4-3-5-7-16/h6,8-11,14-15,23H,3-5,7,12-13H2,1-2H3,(H,25,26). The van der Waals surface area contributed by atoms with E-state index in [4.69, 9.17) is 9.47 Å². The van der Waals surface area contributed by atoms with E-state index >= 15 is 0 Å². The molecule has 1 aliphatic carbocycles. The van der Waals surface area contributed by atoms with Gasteiger partial charge in [0.15, 0.2) is 11.5 Å². The molecule has 0 atom stereocenters. The molecule has 6 heteroatoms. The van der Waals surface area contributed by atoms with E-state index in [-0.39, 0.29) is 5.91 Å². The Morgan fingerprint density at radius 1 is 1.07 bits per heavy atom. The van der Waals surface area contributed by atoms with Crippen molar-refractivity contribution in [1.82, 2.24) is 4.98 Å². The maximum atomic E-state index is 12.4. The average molecular weight is 381 g/mol. The van der Waals surface area contributed by atoms with Crippen molar-refractivity contribution in [3.63, 3.8) is 0 Å². The summed E-state index contributed by atoms with van der Waals surface area (Å²) in [6.45, 7) is 0.880. The highest BCUT2D eigenvalue weighted by atomic mass is 16.5. The van der Waals surface area contributed by atoms with E-state index in [1.165, 1.54) is 31.3 Å². The summed E-state index contributed by atoms with van der Waals surface area (Å²) in [6.07, 6.45) is 10.2. The van der Waals surface area contributed by atoms with Gasteiger partial charge in [-0.3, -0.25) is 4.79 Å². The number of carbonyl (C=O) groups excluding carboxylic acids is 1. The van der Waals surface area contributed by atoms with Gasteiger partial charge in [0.25, 0.3) is 5.91 Å². The molecule has 1 aromatic carbocycles. The largest absolute Gasteiger partial charge is 0.493 e. The molecule has 2 aromatic rings. The minimum absolute atomic E-state index is 0.272. The number of hydrogen-bond acceptors (Lipinski definition) is 5. The summed E-state index contributed by atoms with van der Waals surface area (Å²) in [6, 6.07) is 8.82. The number of nitrogens with zero attached hydrogens (tertiary/aromatic N) is 1. The number of rotatable bonds is 8. The fraction of sp³-hybridized carbons (Fsp3) is 0.364. The molecular formula is C22H27N3O3. The lowest BCUT2D eigenvalue weighted by atomic mass is 9.97. The van der Waals surface area contributed by atoms with E-state index in [2.05, 4.69) is 21.7 Å². The fourth-order valence-corrected chi connectivity index (χ4v) is 3.24. The van der Waals surface area contributed by atoms with Crippen molar-refractivity contribution < 1.29 is 14.3 Å². The van der Waals surface area contributed by atoms with Gasteiger partial charge in [-0.1, -0.05) is 11.6 Å². The molecule has 0 fully saturated rings. The Labute approximate surface area is 166 Å². The first kappa shape index (κ1) is 19.7. The summed E-state index contributed by atoms with van der Waals surface area (Å²) in [5.41, 5.74) is 3.43. The van der Waals surface area contributed by atoms with Crippen LogP contribution in [0.25, 0.3) is 0 Å². The number of allylic oxidation sites excluding steroid dienone is 1.